The molecule has 1 aliphatic heterocycles. The highest BCUT2D eigenvalue weighted by atomic mass is 16.3. The van der Waals surface area contributed by atoms with Crippen LogP contribution in [0, 0.1) is 0 Å². The van der Waals surface area contributed by atoms with E-state index in [4.69, 9.17) is 10.2 Å². The fraction of sp³-hybridized carbons (Fsp3) is 0.462. The van der Waals surface area contributed by atoms with Crippen LogP contribution in [0.25, 0.3) is 0 Å². The highest BCUT2D eigenvalue weighted by Gasteiger charge is 2.25. The van der Waals surface area contributed by atoms with Crippen molar-refractivity contribution < 1.29 is 15.0 Å². The van der Waals surface area contributed by atoms with Gasteiger partial charge in [0.05, 0.1) is 6.10 Å². The Morgan fingerprint density at radius 1 is 1.18 bits per heavy atom. The zero-order valence-electron chi connectivity index (χ0n) is 9.60. The van der Waals surface area contributed by atoms with Gasteiger partial charge in [-0.1, -0.05) is 18.2 Å². The molecule has 0 amide bonds. The highest BCUT2D eigenvalue weighted by molar-refractivity contribution is 6.03. The molecular formula is C13H17NO3. The van der Waals surface area contributed by atoms with Crippen LogP contribution in [0.1, 0.15) is 34.9 Å². The molecule has 1 aromatic carbocycles. The summed E-state index contributed by atoms with van der Waals surface area (Å²) in [5, 5.41) is 21.2. The molecule has 1 aliphatic carbocycles. The lowest BCUT2D eigenvalue weighted by atomic mass is 10.1. The second kappa shape index (κ2) is 5.40. The van der Waals surface area contributed by atoms with Crippen molar-refractivity contribution in [3.05, 3.63) is 35.4 Å². The minimum Gasteiger partial charge on any atom is -0.393 e. The Balaban J connectivity index is 0.000000136. The smallest absolute Gasteiger partial charge is 0.195 e. The van der Waals surface area contributed by atoms with Gasteiger partial charge in [0.15, 0.2) is 5.78 Å². The molecule has 2 bridgehead atoms. The van der Waals surface area contributed by atoms with Crippen LogP contribution in [0.4, 0.5) is 0 Å². The molecule has 3 N–H and O–H groups in total. The molecule has 2 aliphatic rings. The fourth-order valence-electron chi connectivity index (χ4n) is 1.98. The predicted molar refractivity (Wildman–Crippen MR) is 63.8 cm³/mol. The maximum atomic E-state index is 11.0. The molecule has 17 heavy (non-hydrogen) atoms. The number of fused-ring (bicyclic) bond motifs is 2. The molecule has 1 unspecified atom stereocenters. The third-order valence-corrected chi connectivity index (χ3v) is 3.04. The van der Waals surface area contributed by atoms with Gasteiger partial charge in [0.25, 0.3) is 0 Å². The first-order chi connectivity index (χ1) is 8.18. The van der Waals surface area contributed by atoms with Gasteiger partial charge in [-0.3, -0.25) is 4.79 Å². The lowest BCUT2D eigenvalue weighted by Crippen LogP contribution is -2.30. The van der Waals surface area contributed by atoms with Crippen molar-refractivity contribution in [3.63, 3.8) is 0 Å². The van der Waals surface area contributed by atoms with E-state index < -0.39 is 6.10 Å². The summed E-state index contributed by atoms with van der Waals surface area (Å²) >= 11 is 0. The van der Waals surface area contributed by atoms with Crippen LogP contribution in [0.2, 0.25) is 0 Å². The lowest BCUT2D eigenvalue weighted by molar-refractivity contribution is 0.0767. The van der Waals surface area contributed by atoms with E-state index in [2.05, 4.69) is 5.32 Å². The molecule has 1 saturated heterocycles. The number of carbonyl (C=O) groups is 1. The maximum absolute atomic E-state index is 11.0. The molecule has 4 nitrogen and oxygen atoms in total. The minimum atomic E-state index is -0.898. The number of carbonyl (C=O) groups excluding carboxylic acids is 1. The Hall–Kier alpha value is -1.23. The van der Waals surface area contributed by atoms with Crippen LogP contribution in [0.5, 0.6) is 0 Å². The number of hydrogen-bond acceptors (Lipinski definition) is 4. The minimum absolute atomic E-state index is 0.0266. The number of piperidine rings is 1. The molecule has 3 rings (SSSR count). The first-order valence-electron chi connectivity index (χ1n) is 5.89. The monoisotopic (exact) mass is 235 g/mol. The van der Waals surface area contributed by atoms with Gasteiger partial charge in [0.1, 0.15) is 6.10 Å². The van der Waals surface area contributed by atoms with Gasteiger partial charge in [0, 0.05) is 5.56 Å². The number of aliphatic hydroxyl groups is 2. The van der Waals surface area contributed by atoms with Gasteiger partial charge in [0.2, 0.25) is 0 Å². The summed E-state index contributed by atoms with van der Waals surface area (Å²) < 4.78 is 0. The third-order valence-electron chi connectivity index (χ3n) is 3.04. The lowest BCUT2D eigenvalue weighted by Gasteiger charge is -2.16. The second-order valence-corrected chi connectivity index (χ2v) is 4.37. The van der Waals surface area contributed by atoms with Crippen molar-refractivity contribution in [1.29, 1.82) is 0 Å². The summed E-state index contributed by atoms with van der Waals surface area (Å²) in [6.07, 6.45) is 0.936. The van der Waals surface area contributed by atoms with E-state index in [1.54, 1.807) is 24.3 Å². The maximum Gasteiger partial charge on any atom is 0.195 e. The first kappa shape index (κ1) is 12.2. The van der Waals surface area contributed by atoms with Crippen LogP contribution in [-0.4, -0.2) is 35.2 Å². The predicted octanol–water partition coefficient (Wildman–Crippen LogP) is 0.647. The molecule has 0 radical (unpaired) electrons. The quantitative estimate of drug-likeness (QED) is 0.617. The van der Waals surface area contributed by atoms with Gasteiger partial charge in [-0.15, -0.1) is 0 Å². The van der Waals surface area contributed by atoms with E-state index in [0.717, 1.165) is 25.9 Å². The van der Waals surface area contributed by atoms with E-state index in [-0.39, 0.29) is 11.9 Å². The molecular weight excluding hydrogens is 218 g/mol. The molecule has 1 aromatic rings. The van der Waals surface area contributed by atoms with Crippen molar-refractivity contribution >= 4 is 5.78 Å². The van der Waals surface area contributed by atoms with Crippen LogP contribution in [0.3, 0.4) is 0 Å². The molecule has 1 atom stereocenters. The Morgan fingerprint density at radius 2 is 1.88 bits per heavy atom. The Bertz CT molecular complexity index is 399. The number of ketones is 1. The van der Waals surface area contributed by atoms with Crippen LogP contribution in [0.15, 0.2) is 24.3 Å². The van der Waals surface area contributed by atoms with E-state index >= 15 is 0 Å². The van der Waals surface area contributed by atoms with Crippen LogP contribution < -0.4 is 5.32 Å². The van der Waals surface area contributed by atoms with Gasteiger partial charge >= 0.3 is 0 Å². The molecule has 1 fully saturated rings. The summed E-state index contributed by atoms with van der Waals surface area (Å²) in [5.41, 5.74) is 1.33. The number of nitrogens with one attached hydrogen (secondary N) is 1. The number of rotatable bonds is 0. The summed E-state index contributed by atoms with van der Waals surface area (Å²) in [6, 6.07) is 6.95. The first-order valence-corrected chi connectivity index (χ1v) is 5.89. The van der Waals surface area contributed by atoms with Gasteiger partial charge < -0.3 is 15.5 Å². The molecule has 0 saturated carbocycles. The number of benzene rings is 1. The fourth-order valence-corrected chi connectivity index (χ4v) is 1.98. The average Bonchev–Trinajstić information content (AvgIpc) is 2.55. The SMILES string of the molecule is O=C1c2cccc(c2)C1O.OC1CCNCC1. The van der Waals surface area contributed by atoms with Crippen LogP contribution >= 0.6 is 0 Å². The van der Waals surface area contributed by atoms with Crippen molar-refractivity contribution in [2.24, 2.45) is 0 Å². The topological polar surface area (TPSA) is 69.6 Å². The molecule has 4 heteroatoms. The number of hydrogen-bond donors (Lipinski definition) is 3. The molecule has 0 aromatic heterocycles. The molecule has 0 spiro atoms. The summed E-state index contributed by atoms with van der Waals surface area (Å²) in [4.78, 5) is 11.0. The normalized spacial score (nSPS) is 23.2. The Labute approximate surface area is 100 Å². The van der Waals surface area contributed by atoms with Crippen LogP contribution in [-0.2, 0) is 0 Å². The standard InChI is InChI=1S/C8H6O2.C5H11NO/c9-7-5-2-1-3-6(4-5)8(7)10;7-5-1-3-6-4-2-5/h1-4,7,9H;5-7H,1-4H2. The molecule has 92 valence electrons. The van der Waals surface area contributed by atoms with Crippen molar-refractivity contribution in [2.45, 2.75) is 25.0 Å². The summed E-state index contributed by atoms with van der Waals surface area (Å²) in [6.45, 7) is 1.97. The Kier molecular flexibility index (Phi) is 3.89. The van der Waals surface area contributed by atoms with Gasteiger partial charge in [-0.05, 0) is 37.6 Å². The number of Topliss-reactive ketones (excluding diaryl/α,β-unsaturated/α-hetero) is 1. The zero-order chi connectivity index (χ0) is 12.3. The van der Waals surface area contributed by atoms with Crippen molar-refractivity contribution in [2.75, 3.05) is 13.1 Å². The second-order valence-electron chi connectivity index (χ2n) is 4.37. The largest absolute Gasteiger partial charge is 0.393 e. The summed E-state index contributed by atoms with van der Waals surface area (Å²) in [7, 11) is 0. The Morgan fingerprint density at radius 3 is 2.35 bits per heavy atom. The van der Waals surface area contributed by atoms with Gasteiger partial charge in [-0.25, -0.2) is 0 Å². The van der Waals surface area contributed by atoms with E-state index in [0.29, 0.717) is 11.1 Å². The highest BCUT2D eigenvalue weighted by Crippen LogP contribution is 2.25. The van der Waals surface area contributed by atoms with Crippen molar-refractivity contribution in [1.82, 2.24) is 5.32 Å². The zero-order valence-corrected chi connectivity index (χ0v) is 9.60. The average molecular weight is 235 g/mol. The van der Waals surface area contributed by atoms with Crippen molar-refractivity contribution in [3.8, 4) is 0 Å². The number of aliphatic hydroxyl groups excluding tert-OH is 2. The summed E-state index contributed by atoms with van der Waals surface area (Å²) in [5.74, 6) is -0.181. The van der Waals surface area contributed by atoms with E-state index in [9.17, 15) is 4.79 Å². The molecule has 1 heterocycles. The third kappa shape index (κ3) is 2.91. The van der Waals surface area contributed by atoms with Gasteiger partial charge in [-0.2, -0.15) is 0 Å². The van der Waals surface area contributed by atoms with E-state index in [1.807, 2.05) is 0 Å². The van der Waals surface area contributed by atoms with E-state index in [1.165, 1.54) is 0 Å².